The van der Waals surface area contributed by atoms with Gasteiger partial charge in [0.15, 0.2) is 0 Å². The summed E-state index contributed by atoms with van der Waals surface area (Å²) in [6.45, 7) is 4.02. The lowest BCUT2D eigenvalue weighted by atomic mass is 10.1. The molecule has 1 aliphatic heterocycles. The Bertz CT molecular complexity index is 928. The van der Waals surface area contributed by atoms with Gasteiger partial charge in [-0.3, -0.25) is 4.90 Å². The van der Waals surface area contributed by atoms with Crippen molar-refractivity contribution in [1.29, 1.82) is 5.26 Å². The fourth-order valence-corrected chi connectivity index (χ4v) is 4.42. The Morgan fingerprint density at radius 3 is 2.35 bits per heavy atom. The Morgan fingerprint density at radius 1 is 1.08 bits per heavy atom. The molecule has 26 heavy (non-hydrogen) atoms. The maximum absolute atomic E-state index is 13.9. The van der Waals surface area contributed by atoms with Gasteiger partial charge < -0.3 is 0 Å². The predicted molar refractivity (Wildman–Crippen MR) is 96.3 cm³/mol. The molecule has 1 heterocycles. The van der Waals surface area contributed by atoms with E-state index in [9.17, 15) is 12.8 Å². The summed E-state index contributed by atoms with van der Waals surface area (Å²) in [4.78, 5) is 2.30. The standard InChI is InChI=1S/C19H20FN3O2S/c1-15-2-5-18(6-3-15)26(24,25)23-10-8-22(9-11-23)14-17-12-16(13-21)4-7-19(17)20/h2-7,12H,8-11,14H2,1H3. The van der Waals surface area contributed by atoms with E-state index in [1.54, 1.807) is 30.3 Å². The second-order valence-corrected chi connectivity index (χ2v) is 8.35. The second-order valence-electron chi connectivity index (χ2n) is 6.41. The Morgan fingerprint density at radius 2 is 1.73 bits per heavy atom. The van der Waals surface area contributed by atoms with Crippen molar-refractivity contribution < 1.29 is 12.8 Å². The maximum atomic E-state index is 13.9. The Balaban J connectivity index is 1.66. The third kappa shape index (κ3) is 3.93. The fourth-order valence-electron chi connectivity index (χ4n) is 2.99. The molecule has 0 unspecified atom stereocenters. The molecule has 3 rings (SSSR count). The van der Waals surface area contributed by atoms with Crippen molar-refractivity contribution in [3.05, 3.63) is 65.0 Å². The molecule has 0 aromatic heterocycles. The van der Waals surface area contributed by atoms with Gasteiger partial charge in [0.25, 0.3) is 0 Å². The number of hydrogen-bond acceptors (Lipinski definition) is 4. The zero-order valence-corrected chi connectivity index (χ0v) is 15.3. The van der Waals surface area contributed by atoms with E-state index >= 15 is 0 Å². The molecule has 0 spiro atoms. The molecule has 0 N–H and O–H groups in total. The van der Waals surface area contributed by atoms with E-state index < -0.39 is 10.0 Å². The van der Waals surface area contributed by atoms with E-state index in [1.807, 2.05) is 17.9 Å². The first-order chi connectivity index (χ1) is 12.4. The van der Waals surface area contributed by atoms with Crippen LogP contribution in [0.15, 0.2) is 47.4 Å². The molecule has 1 fully saturated rings. The summed E-state index contributed by atoms with van der Waals surface area (Å²) >= 11 is 0. The van der Waals surface area contributed by atoms with Crippen LogP contribution in [0.5, 0.6) is 0 Å². The van der Waals surface area contributed by atoms with Crippen LogP contribution in [0, 0.1) is 24.1 Å². The monoisotopic (exact) mass is 373 g/mol. The van der Waals surface area contributed by atoms with Crippen LogP contribution in [0.2, 0.25) is 0 Å². The third-order valence-corrected chi connectivity index (χ3v) is 6.47. The van der Waals surface area contributed by atoms with Crippen molar-refractivity contribution in [1.82, 2.24) is 9.21 Å². The van der Waals surface area contributed by atoms with Gasteiger partial charge in [0.2, 0.25) is 10.0 Å². The summed E-state index contributed by atoms with van der Waals surface area (Å²) in [6.07, 6.45) is 0. The number of rotatable bonds is 4. The van der Waals surface area contributed by atoms with Crippen LogP contribution >= 0.6 is 0 Å². The molecule has 1 aliphatic rings. The maximum Gasteiger partial charge on any atom is 0.243 e. The number of benzene rings is 2. The van der Waals surface area contributed by atoms with Crippen molar-refractivity contribution >= 4 is 10.0 Å². The second kappa shape index (κ2) is 7.54. The number of nitriles is 1. The zero-order valence-electron chi connectivity index (χ0n) is 14.5. The van der Waals surface area contributed by atoms with Gasteiger partial charge in [0.05, 0.1) is 16.5 Å². The molecule has 7 heteroatoms. The smallest absolute Gasteiger partial charge is 0.243 e. The summed E-state index contributed by atoms with van der Waals surface area (Å²) in [5.74, 6) is -0.348. The summed E-state index contributed by atoms with van der Waals surface area (Å²) in [5, 5.41) is 8.95. The average Bonchev–Trinajstić information content (AvgIpc) is 2.64. The van der Waals surface area contributed by atoms with Crippen LogP contribution in [-0.2, 0) is 16.6 Å². The lowest BCUT2D eigenvalue weighted by Gasteiger charge is -2.34. The normalized spacial score (nSPS) is 16.3. The molecule has 5 nitrogen and oxygen atoms in total. The number of nitrogens with zero attached hydrogens (tertiary/aromatic N) is 3. The van der Waals surface area contributed by atoms with Gasteiger partial charge in [0, 0.05) is 38.3 Å². The van der Waals surface area contributed by atoms with Crippen LogP contribution in [0.3, 0.4) is 0 Å². The first-order valence-electron chi connectivity index (χ1n) is 8.38. The van der Waals surface area contributed by atoms with E-state index in [0.717, 1.165) is 5.56 Å². The van der Waals surface area contributed by atoms with E-state index in [4.69, 9.17) is 5.26 Å². The van der Waals surface area contributed by atoms with Crippen molar-refractivity contribution in [2.75, 3.05) is 26.2 Å². The van der Waals surface area contributed by atoms with Gasteiger partial charge in [0.1, 0.15) is 5.82 Å². The van der Waals surface area contributed by atoms with Gasteiger partial charge in [-0.1, -0.05) is 17.7 Å². The minimum Gasteiger partial charge on any atom is -0.296 e. The number of sulfonamides is 1. The van der Waals surface area contributed by atoms with Crippen LogP contribution in [-0.4, -0.2) is 43.8 Å². The quantitative estimate of drug-likeness (QED) is 0.826. The number of aryl methyl sites for hydroxylation is 1. The number of piperazine rings is 1. The van der Waals surface area contributed by atoms with Crippen LogP contribution in [0.4, 0.5) is 4.39 Å². The highest BCUT2D eigenvalue weighted by atomic mass is 32.2. The summed E-state index contributed by atoms with van der Waals surface area (Å²) < 4.78 is 40.8. The Hall–Kier alpha value is -2.27. The first-order valence-corrected chi connectivity index (χ1v) is 9.82. The Kier molecular flexibility index (Phi) is 5.37. The molecule has 0 saturated carbocycles. The minimum atomic E-state index is -3.50. The number of hydrogen-bond donors (Lipinski definition) is 0. The van der Waals surface area contributed by atoms with Gasteiger partial charge in [-0.2, -0.15) is 9.57 Å². The fraction of sp³-hybridized carbons (Fsp3) is 0.316. The summed E-state index contributed by atoms with van der Waals surface area (Å²) in [5.41, 5.74) is 1.89. The predicted octanol–water partition coefficient (Wildman–Crippen LogP) is 2.51. The highest BCUT2D eigenvalue weighted by Gasteiger charge is 2.28. The van der Waals surface area contributed by atoms with Crippen molar-refractivity contribution in [3.63, 3.8) is 0 Å². The lowest BCUT2D eigenvalue weighted by molar-refractivity contribution is 0.180. The largest absolute Gasteiger partial charge is 0.296 e. The van der Waals surface area contributed by atoms with Gasteiger partial charge in [-0.05, 0) is 37.3 Å². The molecule has 2 aromatic carbocycles. The highest BCUT2D eigenvalue weighted by molar-refractivity contribution is 7.89. The molecule has 136 valence electrons. The van der Waals surface area contributed by atoms with Crippen molar-refractivity contribution in [2.24, 2.45) is 0 Å². The molecule has 0 atom stereocenters. The molecule has 2 aromatic rings. The molecule has 0 radical (unpaired) electrons. The third-order valence-electron chi connectivity index (χ3n) is 4.56. The van der Waals surface area contributed by atoms with Gasteiger partial charge >= 0.3 is 0 Å². The average molecular weight is 373 g/mol. The number of halogens is 1. The van der Waals surface area contributed by atoms with E-state index in [0.29, 0.717) is 48.7 Å². The van der Waals surface area contributed by atoms with Crippen molar-refractivity contribution in [2.45, 2.75) is 18.4 Å². The van der Waals surface area contributed by atoms with Gasteiger partial charge in [-0.15, -0.1) is 0 Å². The van der Waals surface area contributed by atoms with Crippen LogP contribution < -0.4 is 0 Å². The van der Waals surface area contributed by atoms with E-state index in [-0.39, 0.29) is 5.82 Å². The summed E-state index contributed by atoms with van der Waals surface area (Å²) in [7, 11) is -3.50. The van der Waals surface area contributed by atoms with Gasteiger partial charge in [-0.25, -0.2) is 12.8 Å². The zero-order chi connectivity index (χ0) is 18.7. The molecular formula is C19H20FN3O2S. The van der Waals surface area contributed by atoms with Crippen LogP contribution in [0.25, 0.3) is 0 Å². The lowest BCUT2D eigenvalue weighted by Crippen LogP contribution is -2.48. The molecule has 0 bridgehead atoms. The molecular weight excluding hydrogens is 353 g/mol. The van der Waals surface area contributed by atoms with Crippen LogP contribution in [0.1, 0.15) is 16.7 Å². The van der Waals surface area contributed by atoms with Crippen molar-refractivity contribution in [3.8, 4) is 6.07 Å². The van der Waals surface area contributed by atoms with E-state index in [1.165, 1.54) is 16.4 Å². The minimum absolute atomic E-state index is 0.296. The molecule has 0 amide bonds. The van der Waals surface area contributed by atoms with E-state index in [2.05, 4.69) is 0 Å². The molecule has 0 aliphatic carbocycles. The topological polar surface area (TPSA) is 64.4 Å². The first kappa shape index (κ1) is 18.5. The highest BCUT2D eigenvalue weighted by Crippen LogP contribution is 2.20. The summed E-state index contributed by atoms with van der Waals surface area (Å²) in [6, 6.07) is 13.1. The Labute approximate surface area is 153 Å². The SMILES string of the molecule is Cc1ccc(S(=O)(=O)N2CCN(Cc3cc(C#N)ccc3F)CC2)cc1. The molecule has 1 saturated heterocycles.